The molecule has 0 saturated heterocycles. The van der Waals surface area contributed by atoms with E-state index in [1.54, 1.807) is 0 Å². The Balaban J connectivity index is 2.29. The summed E-state index contributed by atoms with van der Waals surface area (Å²) >= 11 is 0. The number of hydrogen-bond donors (Lipinski definition) is 1. The summed E-state index contributed by atoms with van der Waals surface area (Å²) in [6.45, 7) is 4.16. The van der Waals surface area contributed by atoms with Crippen molar-refractivity contribution in [2.75, 3.05) is 0 Å². The predicted molar refractivity (Wildman–Crippen MR) is 75.6 cm³/mol. The van der Waals surface area contributed by atoms with Crippen LogP contribution in [-0.2, 0) is 0 Å². The van der Waals surface area contributed by atoms with Crippen molar-refractivity contribution < 1.29 is 5.11 Å². The van der Waals surface area contributed by atoms with E-state index in [9.17, 15) is 5.11 Å². The van der Waals surface area contributed by atoms with Crippen LogP contribution in [0.2, 0.25) is 0 Å². The van der Waals surface area contributed by atoms with Gasteiger partial charge >= 0.3 is 0 Å². The van der Waals surface area contributed by atoms with E-state index in [-0.39, 0.29) is 0 Å². The van der Waals surface area contributed by atoms with Crippen LogP contribution in [0.25, 0.3) is 10.9 Å². The van der Waals surface area contributed by atoms with Crippen molar-refractivity contribution in [2.24, 2.45) is 0 Å². The van der Waals surface area contributed by atoms with Gasteiger partial charge in [-0.2, -0.15) is 0 Å². The lowest BCUT2D eigenvalue weighted by atomic mass is 10.00. The molecule has 2 nitrogen and oxygen atoms in total. The second kappa shape index (κ2) is 5.96. The predicted octanol–water partition coefficient (Wildman–Crippen LogP) is 4.16. The molecule has 0 aliphatic heterocycles. The lowest BCUT2D eigenvalue weighted by Gasteiger charge is -2.13. The molecule has 0 radical (unpaired) electrons. The maximum atomic E-state index is 10.3. The fourth-order valence-corrected chi connectivity index (χ4v) is 2.28. The lowest BCUT2D eigenvalue weighted by Crippen LogP contribution is -2.00. The fraction of sp³-hybridized carbons (Fsp3) is 0.438. The van der Waals surface area contributed by atoms with E-state index in [0.717, 1.165) is 35.0 Å². The number of pyridine rings is 1. The van der Waals surface area contributed by atoms with E-state index in [2.05, 4.69) is 18.0 Å². The summed E-state index contributed by atoms with van der Waals surface area (Å²) in [5.74, 6) is 0. The Kier molecular flexibility index (Phi) is 4.32. The Labute approximate surface area is 109 Å². The molecule has 1 unspecified atom stereocenters. The highest BCUT2D eigenvalue weighted by Crippen LogP contribution is 2.26. The molecule has 0 spiro atoms. The average molecular weight is 243 g/mol. The van der Waals surface area contributed by atoms with Gasteiger partial charge in [-0.15, -0.1) is 0 Å². The zero-order valence-electron chi connectivity index (χ0n) is 11.2. The first-order valence-electron chi connectivity index (χ1n) is 6.76. The standard InChI is InChI=1S/C16H21NO/c1-3-4-5-9-15(18)14-8-6-7-13-11-10-12(2)17-16(13)14/h6-8,10-11,15,18H,3-5,9H2,1-2H3. The van der Waals surface area contributed by atoms with Crippen LogP contribution >= 0.6 is 0 Å². The smallest absolute Gasteiger partial charge is 0.0811 e. The molecule has 1 N–H and O–H groups in total. The van der Waals surface area contributed by atoms with Gasteiger partial charge in [0.15, 0.2) is 0 Å². The molecule has 0 aliphatic rings. The molecule has 2 heteroatoms. The van der Waals surface area contributed by atoms with Crippen molar-refractivity contribution in [3.8, 4) is 0 Å². The monoisotopic (exact) mass is 243 g/mol. The maximum absolute atomic E-state index is 10.3. The highest BCUT2D eigenvalue weighted by molar-refractivity contribution is 5.82. The van der Waals surface area contributed by atoms with Crippen molar-refractivity contribution in [1.82, 2.24) is 4.98 Å². The number of aromatic nitrogens is 1. The summed E-state index contributed by atoms with van der Waals surface area (Å²) in [4.78, 5) is 4.56. The van der Waals surface area contributed by atoms with Gasteiger partial charge in [0.25, 0.3) is 0 Å². The minimum atomic E-state index is -0.394. The van der Waals surface area contributed by atoms with Crippen LogP contribution in [-0.4, -0.2) is 10.1 Å². The molecule has 1 aromatic heterocycles. The number of aliphatic hydroxyl groups is 1. The zero-order valence-corrected chi connectivity index (χ0v) is 11.2. The Morgan fingerprint density at radius 1 is 1.17 bits per heavy atom. The highest BCUT2D eigenvalue weighted by Gasteiger charge is 2.11. The van der Waals surface area contributed by atoms with Gasteiger partial charge in [0.05, 0.1) is 11.6 Å². The van der Waals surface area contributed by atoms with Crippen LogP contribution in [0.15, 0.2) is 30.3 Å². The van der Waals surface area contributed by atoms with Gasteiger partial charge in [-0.05, 0) is 19.4 Å². The van der Waals surface area contributed by atoms with Crippen LogP contribution in [0.1, 0.15) is 50.0 Å². The molecule has 2 rings (SSSR count). The first-order chi connectivity index (χ1) is 8.72. The number of rotatable bonds is 5. The Morgan fingerprint density at radius 2 is 2.00 bits per heavy atom. The van der Waals surface area contributed by atoms with Crippen LogP contribution in [0.4, 0.5) is 0 Å². The first-order valence-corrected chi connectivity index (χ1v) is 6.76. The summed E-state index contributed by atoms with van der Waals surface area (Å²) in [6.07, 6.45) is 3.85. The highest BCUT2D eigenvalue weighted by atomic mass is 16.3. The summed E-state index contributed by atoms with van der Waals surface area (Å²) < 4.78 is 0. The number of unbranched alkanes of at least 4 members (excludes halogenated alkanes) is 2. The van der Waals surface area contributed by atoms with Crippen molar-refractivity contribution in [2.45, 2.75) is 45.6 Å². The molecule has 1 atom stereocenters. The number of benzene rings is 1. The third-order valence-corrected chi connectivity index (χ3v) is 3.33. The topological polar surface area (TPSA) is 33.1 Å². The number of hydrogen-bond acceptors (Lipinski definition) is 2. The number of fused-ring (bicyclic) bond motifs is 1. The Bertz CT molecular complexity index is 521. The number of nitrogens with zero attached hydrogens (tertiary/aromatic N) is 1. The van der Waals surface area contributed by atoms with Gasteiger partial charge in [0.2, 0.25) is 0 Å². The molecule has 1 heterocycles. The quantitative estimate of drug-likeness (QED) is 0.800. The van der Waals surface area contributed by atoms with Crippen LogP contribution in [0, 0.1) is 6.92 Å². The summed E-state index contributed by atoms with van der Waals surface area (Å²) in [7, 11) is 0. The molecule has 96 valence electrons. The molecule has 1 aromatic carbocycles. The molecule has 0 fully saturated rings. The lowest BCUT2D eigenvalue weighted by molar-refractivity contribution is 0.165. The van der Waals surface area contributed by atoms with Crippen LogP contribution < -0.4 is 0 Å². The van der Waals surface area contributed by atoms with Crippen molar-refractivity contribution in [1.29, 1.82) is 0 Å². The molecule has 0 bridgehead atoms. The Hall–Kier alpha value is -1.41. The molecule has 0 amide bonds. The van der Waals surface area contributed by atoms with Gasteiger partial charge < -0.3 is 5.11 Å². The number of aryl methyl sites for hydroxylation is 1. The summed E-state index contributed by atoms with van der Waals surface area (Å²) in [6, 6.07) is 10.1. The molecular formula is C16H21NO. The van der Waals surface area contributed by atoms with Crippen molar-refractivity contribution in [3.05, 3.63) is 41.6 Å². The minimum absolute atomic E-state index is 0.394. The molecule has 0 aliphatic carbocycles. The SMILES string of the molecule is CCCCCC(O)c1cccc2ccc(C)nc12. The van der Waals surface area contributed by atoms with Crippen molar-refractivity contribution >= 4 is 10.9 Å². The van der Waals surface area contributed by atoms with E-state index in [0.29, 0.717) is 0 Å². The molecule has 18 heavy (non-hydrogen) atoms. The van der Waals surface area contributed by atoms with Gasteiger partial charge in [-0.1, -0.05) is 50.5 Å². The van der Waals surface area contributed by atoms with Gasteiger partial charge in [-0.3, -0.25) is 4.98 Å². The van der Waals surface area contributed by atoms with E-state index in [1.165, 1.54) is 12.8 Å². The fourth-order valence-electron chi connectivity index (χ4n) is 2.28. The maximum Gasteiger partial charge on any atom is 0.0811 e. The molecule has 0 saturated carbocycles. The van der Waals surface area contributed by atoms with Gasteiger partial charge in [0, 0.05) is 16.6 Å². The van der Waals surface area contributed by atoms with E-state index >= 15 is 0 Å². The Morgan fingerprint density at radius 3 is 2.78 bits per heavy atom. The molecule has 2 aromatic rings. The minimum Gasteiger partial charge on any atom is -0.388 e. The second-order valence-corrected chi connectivity index (χ2v) is 4.88. The zero-order chi connectivity index (χ0) is 13.0. The number of aliphatic hydroxyl groups excluding tert-OH is 1. The van der Waals surface area contributed by atoms with Crippen molar-refractivity contribution in [3.63, 3.8) is 0 Å². The third-order valence-electron chi connectivity index (χ3n) is 3.33. The first kappa shape index (κ1) is 13.0. The second-order valence-electron chi connectivity index (χ2n) is 4.88. The van der Waals surface area contributed by atoms with Crippen LogP contribution in [0.5, 0.6) is 0 Å². The summed E-state index contributed by atoms with van der Waals surface area (Å²) in [5.41, 5.74) is 2.91. The van der Waals surface area contributed by atoms with E-state index in [4.69, 9.17) is 0 Å². The third kappa shape index (κ3) is 2.88. The van der Waals surface area contributed by atoms with E-state index < -0.39 is 6.10 Å². The van der Waals surface area contributed by atoms with Gasteiger partial charge in [0.1, 0.15) is 0 Å². The van der Waals surface area contributed by atoms with Gasteiger partial charge in [-0.25, -0.2) is 0 Å². The van der Waals surface area contributed by atoms with Crippen LogP contribution in [0.3, 0.4) is 0 Å². The largest absolute Gasteiger partial charge is 0.388 e. The number of para-hydroxylation sites is 1. The normalized spacial score (nSPS) is 12.8. The summed E-state index contributed by atoms with van der Waals surface area (Å²) in [5, 5.41) is 11.4. The average Bonchev–Trinajstić information content (AvgIpc) is 2.38. The van der Waals surface area contributed by atoms with E-state index in [1.807, 2.05) is 31.2 Å². The molecular weight excluding hydrogens is 222 g/mol.